The zero-order valence-electron chi connectivity index (χ0n) is 13.4. The van der Waals surface area contributed by atoms with Crippen LogP contribution < -0.4 is 4.74 Å². The van der Waals surface area contributed by atoms with Gasteiger partial charge < -0.3 is 9.84 Å². The van der Waals surface area contributed by atoms with E-state index in [9.17, 15) is 39.9 Å². The molecule has 152 valence electrons. The lowest BCUT2D eigenvalue weighted by Gasteiger charge is -2.17. The van der Waals surface area contributed by atoms with E-state index >= 15 is 0 Å². The first-order chi connectivity index (χ1) is 12.7. The number of alkyl halides is 5. The highest BCUT2D eigenvalue weighted by Gasteiger charge is 2.55. The number of fused-ring (bicyclic) bond motifs is 1. The van der Waals surface area contributed by atoms with Crippen molar-refractivity contribution in [1.29, 1.82) is 0 Å². The fourth-order valence-corrected chi connectivity index (χ4v) is 4.05. The SMILES string of the molecule is O=S(=O)(c1ccc(Oc2cc(F)cc(Cl)c2)c2c1[C@H](O)C(F)(F)C2)C(F)(F)F. The Morgan fingerprint density at radius 3 is 2.39 bits per heavy atom. The fraction of sp³-hybridized carbons (Fsp3) is 0.250. The number of aliphatic hydroxyl groups excluding tert-OH is 1. The average molecular weight is 447 g/mol. The molecule has 0 amide bonds. The number of ether oxygens (including phenoxy) is 1. The molecule has 12 heteroatoms. The van der Waals surface area contributed by atoms with Crippen molar-refractivity contribution in [3.05, 3.63) is 52.3 Å². The molecule has 1 N–H and O–H groups in total. The van der Waals surface area contributed by atoms with E-state index in [-0.39, 0.29) is 10.8 Å². The van der Waals surface area contributed by atoms with Gasteiger partial charge in [0.25, 0.3) is 15.8 Å². The number of rotatable bonds is 3. The van der Waals surface area contributed by atoms with Crippen LogP contribution in [0.3, 0.4) is 0 Å². The van der Waals surface area contributed by atoms with E-state index in [1.54, 1.807) is 0 Å². The summed E-state index contributed by atoms with van der Waals surface area (Å²) in [5.74, 6) is -5.49. The summed E-state index contributed by atoms with van der Waals surface area (Å²) in [5, 5.41) is 9.68. The molecule has 0 spiro atoms. The predicted octanol–water partition coefficient (Wildman–Crippen LogP) is 4.79. The Hall–Kier alpha value is -1.98. The van der Waals surface area contributed by atoms with E-state index in [1.807, 2.05) is 0 Å². The first kappa shape index (κ1) is 20.7. The molecular formula is C16H9ClF6O4S. The van der Waals surface area contributed by atoms with Crippen molar-refractivity contribution in [3.8, 4) is 11.5 Å². The van der Waals surface area contributed by atoms with Crippen molar-refractivity contribution in [2.75, 3.05) is 0 Å². The van der Waals surface area contributed by atoms with E-state index in [0.29, 0.717) is 6.07 Å². The molecule has 28 heavy (non-hydrogen) atoms. The highest BCUT2D eigenvalue weighted by molar-refractivity contribution is 7.92. The third-order valence-corrected chi connectivity index (χ3v) is 5.78. The third kappa shape index (κ3) is 3.42. The van der Waals surface area contributed by atoms with Crippen molar-refractivity contribution in [2.24, 2.45) is 0 Å². The number of hydrogen-bond donors (Lipinski definition) is 1. The first-order valence-electron chi connectivity index (χ1n) is 7.41. The van der Waals surface area contributed by atoms with Crippen LogP contribution in [-0.4, -0.2) is 25.0 Å². The zero-order valence-corrected chi connectivity index (χ0v) is 15.0. The van der Waals surface area contributed by atoms with Crippen LogP contribution in [0, 0.1) is 5.82 Å². The molecule has 0 unspecified atom stereocenters. The molecule has 2 aromatic carbocycles. The Bertz CT molecular complexity index is 1030. The normalized spacial score (nSPS) is 18.8. The van der Waals surface area contributed by atoms with Gasteiger partial charge in [0.05, 0.1) is 4.90 Å². The molecule has 1 aliphatic carbocycles. The predicted molar refractivity (Wildman–Crippen MR) is 84.8 cm³/mol. The Balaban J connectivity index is 2.19. The summed E-state index contributed by atoms with van der Waals surface area (Å²) >= 11 is 5.65. The molecule has 0 fully saturated rings. The second-order valence-corrected chi connectivity index (χ2v) is 8.30. The fourth-order valence-electron chi connectivity index (χ4n) is 2.82. The van der Waals surface area contributed by atoms with Crippen LogP contribution in [0.2, 0.25) is 5.02 Å². The standard InChI is InChI=1S/C16H9ClF6O4S/c17-7-3-8(18)5-9(4-7)27-11-1-2-12(28(25,26)16(21,22)23)13-10(11)6-15(19,20)14(13)24/h1-5,14,24H,6H2/t14-/m0/s1. The van der Waals surface area contributed by atoms with Crippen molar-refractivity contribution in [3.63, 3.8) is 0 Å². The Labute approximate surface area is 159 Å². The number of hydrogen-bond acceptors (Lipinski definition) is 4. The molecule has 3 rings (SSSR count). The second kappa shape index (κ2) is 6.53. The lowest BCUT2D eigenvalue weighted by atomic mass is 10.1. The minimum Gasteiger partial charge on any atom is -0.457 e. The van der Waals surface area contributed by atoms with Gasteiger partial charge in [0.15, 0.2) is 0 Å². The topological polar surface area (TPSA) is 63.6 Å². The van der Waals surface area contributed by atoms with Crippen LogP contribution in [0.25, 0.3) is 0 Å². The van der Waals surface area contributed by atoms with Gasteiger partial charge >= 0.3 is 5.51 Å². The molecule has 0 saturated heterocycles. The Morgan fingerprint density at radius 1 is 1.18 bits per heavy atom. The van der Waals surface area contributed by atoms with Gasteiger partial charge in [-0.25, -0.2) is 21.6 Å². The van der Waals surface area contributed by atoms with Crippen molar-refractivity contribution < 1.29 is 44.6 Å². The molecule has 0 radical (unpaired) electrons. The number of aliphatic hydroxyl groups is 1. The highest BCUT2D eigenvalue weighted by atomic mass is 35.5. The van der Waals surface area contributed by atoms with Crippen molar-refractivity contribution >= 4 is 21.4 Å². The second-order valence-electron chi connectivity index (χ2n) is 5.95. The van der Waals surface area contributed by atoms with Gasteiger partial charge in [-0.3, -0.25) is 0 Å². The molecule has 1 atom stereocenters. The molecule has 2 aromatic rings. The smallest absolute Gasteiger partial charge is 0.457 e. The lowest BCUT2D eigenvalue weighted by Crippen LogP contribution is -2.26. The van der Waals surface area contributed by atoms with Crippen LogP contribution in [0.1, 0.15) is 17.2 Å². The quantitative estimate of drug-likeness (QED) is 0.689. The highest BCUT2D eigenvalue weighted by Crippen LogP contribution is 2.51. The van der Waals surface area contributed by atoms with E-state index < -0.39 is 61.4 Å². The molecule has 0 saturated carbocycles. The van der Waals surface area contributed by atoms with Gasteiger partial charge in [0, 0.05) is 28.6 Å². The van der Waals surface area contributed by atoms with Crippen molar-refractivity contribution in [1.82, 2.24) is 0 Å². The van der Waals surface area contributed by atoms with Crippen molar-refractivity contribution in [2.45, 2.75) is 28.9 Å². The van der Waals surface area contributed by atoms with E-state index in [1.165, 1.54) is 0 Å². The summed E-state index contributed by atoms with van der Waals surface area (Å²) in [6, 6.07) is 4.01. The summed E-state index contributed by atoms with van der Waals surface area (Å²) < 4.78 is 109. The average Bonchev–Trinajstić information content (AvgIpc) is 2.76. The van der Waals surface area contributed by atoms with Crippen LogP contribution >= 0.6 is 11.6 Å². The van der Waals surface area contributed by atoms with Gasteiger partial charge in [-0.1, -0.05) is 11.6 Å². The molecule has 4 nitrogen and oxygen atoms in total. The summed E-state index contributed by atoms with van der Waals surface area (Å²) in [4.78, 5) is -1.50. The summed E-state index contributed by atoms with van der Waals surface area (Å²) in [7, 11) is -6.02. The van der Waals surface area contributed by atoms with Crippen LogP contribution in [-0.2, 0) is 16.3 Å². The van der Waals surface area contributed by atoms with Crippen LogP contribution in [0.5, 0.6) is 11.5 Å². The monoisotopic (exact) mass is 446 g/mol. The lowest BCUT2D eigenvalue weighted by molar-refractivity contribution is -0.0978. The first-order valence-corrected chi connectivity index (χ1v) is 9.27. The molecule has 0 bridgehead atoms. The van der Waals surface area contributed by atoms with Gasteiger partial charge in [-0.2, -0.15) is 13.2 Å². The minimum absolute atomic E-state index is 0.103. The van der Waals surface area contributed by atoms with Crippen LogP contribution in [0.4, 0.5) is 26.3 Å². The molecule has 0 aromatic heterocycles. The Morgan fingerprint density at radius 2 is 1.82 bits per heavy atom. The summed E-state index contributed by atoms with van der Waals surface area (Å²) in [6.07, 6.45) is -4.07. The number of benzene rings is 2. The van der Waals surface area contributed by atoms with E-state index in [4.69, 9.17) is 16.3 Å². The van der Waals surface area contributed by atoms with Gasteiger partial charge in [0.1, 0.15) is 23.4 Å². The maximum Gasteiger partial charge on any atom is 0.501 e. The summed E-state index contributed by atoms with van der Waals surface area (Å²) in [6.45, 7) is 0. The molecule has 0 aliphatic heterocycles. The number of sulfone groups is 1. The molecule has 1 aliphatic rings. The number of halogens is 7. The minimum atomic E-state index is -6.02. The maximum absolute atomic E-state index is 14.0. The van der Waals surface area contributed by atoms with Crippen LogP contribution in [0.15, 0.2) is 35.2 Å². The van der Waals surface area contributed by atoms with E-state index in [0.717, 1.165) is 24.3 Å². The third-order valence-electron chi connectivity index (χ3n) is 4.02. The maximum atomic E-state index is 14.0. The summed E-state index contributed by atoms with van der Waals surface area (Å²) in [5.41, 5.74) is -7.51. The van der Waals surface area contributed by atoms with E-state index in [2.05, 4.69) is 0 Å². The van der Waals surface area contributed by atoms with Gasteiger partial charge in [-0.05, 0) is 24.3 Å². The molecular weight excluding hydrogens is 438 g/mol. The zero-order chi connectivity index (χ0) is 21.1. The van der Waals surface area contributed by atoms with Gasteiger partial charge in [-0.15, -0.1) is 0 Å². The Kier molecular flexibility index (Phi) is 4.84. The van der Waals surface area contributed by atoms with Gasteiger partial charge in [0.2, 0.25) is 0 Å². The molecule has 0 heterocycles. The largest absolute Gasteiger partial charge is 0.501 e.